The van der Waals surface area contributed by atoms with Crippen molar-refractivity contribution in [2.75, 3.05) is 26.9 Å². The minimum Gasteiger partial charge on any atom is -0.359 e. The first-order chi connectivity index (χ1) is 5.04. The summed E-state index contributed by atoms with van der Waals surface area (Å²) in [5.74, 6) is 0. The minimum absolute atomic E-state index is 0. The van der Waals surface area contributed by atoms with Crippen LogP contribution in [-0.4, -0.2) is 42.3 Å². The molecule has 1 heterocycles. The van der Waals surface area contributed by atoms with E-state index in [4.69, 9.17) is 4.74 Å². The van der Waals surface area contributed by atoms with Gasteiger partial charge in [0.1, 0.15) is 6.61 Å². The second kappa shape index (κ2) is 4.02. The van der Waals surface area contributed by atoms with E-state index in [2.05, 4.69) is 0 Å². The Labute approximate surface area is 77.2 Å². The van der Waals surface area contributed by atoms with Crippen molar-refractivity contribution < 1.29 is 9.66 Å². The highest BCUT2D eigenvalue weighted by atomic mass is 35.5. The minimum atomic E-state index is -0.924. The van der Waals surface area contributed by atoms with Crippen molar-refractivity contribution in [2.45, 2.75) is 12.5 Å². The largest absolute Gasteiger partial charge is 0.359 e. The number of hydrogen-bond donors (Lipinski definition) is 0. The quantitative estimate of drug-likeness (QED) is 0.449. The Hall–Kier alpha value is -0.390. The summed E-state index contributed by atoms with van der Waals surface area (Å²) in [4.78, 5) is 12.0. The van der Waals surface area contributed by atoms with Crippen molar-refractivity contribution in [1.29, 1.82) is 0 Å². The van der Waals surface area contributed by atoms with E-state index in [9.17, 15) is 10.1 Å². The van der Waals surface area contributed by atoms with Gasteiger partial charge in [-0.2, -0.15) is 0 Å². The van der Waals surface area contributed by atoms with Crippen LogP contribution in [0.2, 0.25) is 0 Å². The Kier molecular flexibility index (Phi) is 3.89. The topological polar surface area (TPSA) is 55.6 Å². The molecule has 0 aliphatic carbocycles. The Balaban J connectivity index is 0.00000121. The second-order valence-electron chi connectivity index (χ2n) is 3.25. The molecule has 1 rings (SSSR count). The van der Waals surface area contributed by atoms with Gasteiger partial charge < -0.3 is 4.74 Å². The van der Waals surface area contributed by atoms with Crippen LogP contribution >= 0.6 is 12.4 Å². The Morgan fingerprint density at radius 2 is 2.25 bits per heavy atom. The molecule has 0 saturated carbocycles. The summed E-state index contributed by atoms with van der Waals surface area (Å²) in [7, 11) is 1.81. The molecule has 0 aromatic rings. The number of ether oxygens (including phenoxy) is 1. The molecule has 6 heteroatoms. The van der Waals surface area contributed by atoms with Crippen LogP contribution in [0.4, 0.5) is 0 Å². The van der Waals surface area contributed by atoms with Gasteiger partial charge >= 0.3 is 0 Å². The molecule has 1 aliphatic heterocycles. The molecule has 0 radical (unpaired) electrons. The monoisotopic (exact) mass is 196 g/mol. The second-order valence-corrected chi connectivity index (χ2v) is 3.25. The Morgan fingerprint density at radius 1 is 1.67 bits per heavy atom. The fourth-order valence-corrected chi connectivity index (χ4v) is 1.20. The Bertz CT molecular complexity index is 178. The number of halogens is 1. The van der Waals surface area contributed by atoms with Crippen LogP contribution in [-0.2, 0) is 4.74 Å². The lowest BCUT2D eigenvalue weighted by Gasteiger charge is -2.31. The molecule has 0 bridgehead atoms. The van der Waals surface area contributed by atoms with Gasteiger partial charge in [-0.05, 0) is 7.05 Å². The number of nitro groups is 1. The number of likely N-dealkylation sites (N-methyl/N-ethyl adjacent to an activating group) is 1. The van der Waals surface area contributed by atoms with Crippen molar-refractivity contribution in [3.8, 4) is 0 Å². The third-order valence-corrected chi connectivity index (χ3v) is 1.78. The lowest BCUT2D eigenvalue weighted by Crippen LogP contribution is -2.53. The van der Waals surface area contributed by atoms with E-state index in [1.165, 1.54) is 0 Å². The summed E-state index contributed by atoms with van der Waals surface area (Å²) in [6.45, 7) is 2.76. The maximum Gasteiger partial charge on any atom is 0.254 e. The van der Waals surface area contributed by atoms with Gasteiger partial charge in [-0.15, -0.1) is 12.4 Å². The zero-order valence-corrected chi connectivity index (χ0v) is 7.97. The lowest BCUT2D eigenvalue weighted by atomic mass is 10.0. The third-order valence-electron chi connectivity index (χ3n) is 1.78. The molecule has 0 N–H and O–H groups in total. The Morgan fingerprint density at radius 3 is 2.58 bits per heavy atom. The van der Waals surface area contributed by atoms with Crippen LogP contribution < -0.4 is 0 Å². The van der Waals surface area contributed by atoms with E-state index in [1.807, 2.05) is 0 Å². The summed E-state index contributed by atoms with van der Waals surface area (Å²) in [6.07, 6.45) is 0. The van der Waals surface area contributed by atoms with Gasteiger partial charge in [-0.3, -0.25) is 15.0 Å². The number of nitrogens with zero attached hydrogens (tertiary/aromatic N) is 2. The predicted molar refractivity (Wildman–Crippen MR) is 46.1 cm³/mol. The average Bonchev–Trinajstić information content (AvgIpc) is 1.86. The van der Waals surface area contributed by atoms with Gasteiger partial charge in [0.05, 0.1) is 13.3 Å². The van der Waals surface area contributed by atoms with Crippen LogP contribution in [0.1, 0.15) is 6.92 Å². The standard InChI is InChI=1S/C6H12N2O3.ClH/c1-6(8(9)10)3-7(2)5-11-4-6;/h3-5H2,1-2H3;1H. The molecule has 1 atom stereocenters. The molecule has 0 amide bonds. The third kappa shape index (κ3) is 2.30. The maximum atomic E-state index is 10.5. The van der Waals surface area contributed by atoms with Crippen molar-refractivity contribution in [2.24, 2.45) is 0 Å². The van der Waals surface area contributed by atoms with Crippen molar-refractivity contribution in [3.63, 3.8) is 0 Å². The van der Waals surface area contributed by atoms with Gasteiger partial charge in [0, 0.05) is 11.8 Å². The van der Waals surface area contributed by atoms with E-state index >= 15 is 0 Å². The summed E-state index contributed by atoms with van der Waals surface area (Å²) in [5, 5.41) is 10.5. The van der Waals surface area contributed by atoms with Gasteiger partial charge in [0.15, 0.2) is 0 Å². The van der Waals surface area contributed by atoms with Crippen LogP contribution in [0, 0.1) is 10.1 Å². The normalized spacial score (nSPS) is 30.8. The SMILES string of the molecule is CN1COCC(C)([N+](=O)[O-])C1.Cl. The van der Waals surface area contributed by atoms with Crippen molar-refractivity contribution in [1.82, 2.24) is 4.90 Å². The van der Waals surface area contributed by atoms with Gasteiger partial charge in [-0.25, -0.2) is 0 Å². The molecule has 1 fully saturated rings. The van der Waals surface area contributed by atoms with Crippen molar-refractivity contribution >= 4 is 12.4 Å². The molecule has 1 saturated heterocycles. The van der Waals surface area contributed by atoms with E-state index in [1.54, 1.807) is 18.9 Å². The van der Waals surface area contributed by atoms with E-state index in [0.717, 1.165) is 0 Å². The highest BCUT2D eigenvalue weighted by molar-refractivity contribution is 5.85. The summed E-state index contributed by atoms with van der Waals surface area (Å²) >= 11 is 0. The number of rotatable bonds is 1. The van der Waals surface area contributed by atoms with Crippen LogP contribution in [0.5, 0.6) is 0 Å². The fraction of sp³-hybridized carbons (Fsp3) is 1.00. The first-order valence-corrected chi connectivity index (χ1v) is 3.45. The molecule has 0 aromatic carbocycles. The zero-order chi connectivity index (χ0) is 8.48. The molecule has 1 aliphatic rings. The van der Waals surface area contributed by atoms with Gasteiger partial charge in [0.25, 0.3) is 5.54 Å². The molecular formula is C6H13ClN2O3. The molecule has 12 heavy (non-hydrogen) atoms. The summed E-state index contributed by atoms with van der Waals surface area (Å²) < 4.78 is 5.04. The van der Waals surface area contributed by atoms with Crippen LogP contribution in [0.15, 0.2) is 0 Å². The van der Waals surface area contributed by atoms with E-state index in [-0.39, 0.29) is 23.9 Å². The molecule has 5 nitrogen and oxygen atoms in total. The molecule has 0 spiro atoms. The van der Waals surface area contributed by atoms with Gasteiger partial charge in [-0.1, -0.05) is 0 Å². The van der Waals surface area contributed by atoms with E-state index < -0.39 is 5.54 Å². The lowest BCUT2D eigenvalue weighted by molar-refractivity contribution is -0.575. The molecular weight excluding hydrogens is 184 g/mol. The molecule has 1 unspecified atom stereocenters. The highest BCUT2D eigenvalue weighted by Crippen LogP contribution is 2.15. The zero-order valence-electron chi connectivity index (χ0n) is 7.15. The first-order valence-electron chi connectivity index (χ1n) is 3.45. The summed E-state index contributed by atoms with van der Waals surface area (Å²) in [6, 6.07) is 0. The molecule has 72 valence electrons. The highest BCUT2D eigenvalue weighted by Gasteiger charge is 2.41. The average molecular weight is 197 g/mol. The van der Waals surface area contributed by atoms with Gasteiger partial charge in [0.2, 0.25) is 0 Å². The summed E-state index contributed by atoms with van der Waals surface area (Å²) in [5.41, 5.74) is -0.924. The van der Waals surface area contributed by atoms with E-state index in [0.29, 0.717) is 13.3 Å². The predicted octanol–water partition coefficient (Wildman–Crippen LogP) is 0.363. The smallest absolute Gasteiger partial charge is 0.254 e. The maximum absolute atomic E-state index is 10.5. The fourth-order valence-electron chi connectivity index (χ4n) is 1.20. The van der Waals surface area contributed by atoms with Crippen LogP contribution in [0.3, 0.4) is 0 Å². The van der Waals surface area contributed by atoms with Crippen molar-refractivity contribution in [3.05, 3.63) is 10.1 Å². The van der Waals surface area contributed by atoms with Crippen LogP contribution in [0.25, 0.3) is 0 Å². The first kappa shape index (κ1) is 11.6. The molecule has 0 aromatic heterocycles. The number of hydrogen-bond acceptors (Lipinski definition) is 4.